The number of hydrogen-bond acceptors (Lipinski definition) is 9. The fourth-order valence-corrected chi connectivity index (χ4v) is 4.91. The van der Waals surface area contributed by atoms with Crippen LogP contribution < -0.4 is 0 Å². The van der Waals surface area contributed by atoms with E-state index in [9.17, 15) is 14.4 Å². The van der Waals surface area contributed by atoms with Gasteiger partial charge in [0.25, 0.3) is 0 Å². The smallest absolute Gasteiger partial charge is 0.333 e. The zero-order valence-corrected chi connectivity index (χ0v) is 22.7. The van der Waals surface area contributed by atoms with Crippen LogP contribution in [-0.4, -0.2) is 77.7 Å². The Bertz CT molecular complexity index is 932. The Labute approximate surface area is 219 Å². The zero-order valence-electron chi connectivity index (χ0n) is 22.7. The zero-order chi connectivity index (χ0) is 27.3. The maximum atomic E-state index is 11.7. The molecule has 0 aromatic rings. The second kappa shape index (κ2) is 12.7. The molecule has 0 aromatic heterocycles. The fraction of sp³-hybridized carbons (Fsp3) is 0.607. The summed E-state index contributed by atoms with van der Waals surface area (Å²) in [4.78, 5) is 38.4. The van der Waals surface area contributed by atoms with E-state index in [1.165, 1.54) is 0 Å². The van der Waals surface area contributed by atoms with E-state index in [1.54, 1.807) is 12.2 Å². The van der Waals surface area contributed by atoms with E-state index in [0.717, 1.165) is 54.9 Å². The summed E-state index contributed by atoms with van der Waals surface area (Å²) in [5.74, 6) is -0.332. The molecule has 1 N–H and O–H groups in total. The number of esters is 3. The standard InChI is InChI=1S/C20H26N2O4.C8H14O3/c1-13(2)9-15-11-17(23)25-19(15)21-5-7-22(8-6-21)20-16(10-14(3)4)12-18(24)26-20;1-5(2)3-6-4-7(9)11-8(6)10/h9-12,19-20H,5-8H2,1-4H3;5-6,8,10H,3-4H2,1-2H3. The lowest BCUT2D eigenvalue weighted by atomic mass is 9.95. The molecule has 2 saturated heterocycles. The molecular weight excluding hydrogens is 476 g/mol. The molecule has 9 nitrogen and oxygen atoms in total. The number of carbonyl (C=O) groups is 3. The molecule has 0 saturated carbocycles. The maximum absolute atomic E-state index is 11.7. The highest BCUT2D eigenvalue weighted by Crippen LogP contribution is 2.28. The number of nitrogens with zero attached hydrogens (tertiary/aromatic N) is 2. The Morgan fingerprint density at radius 1 is 0.865 bits per heavy atom. The summed E-state index contributed by atoms with van der Waals surface area (Å²) in [7, 11) is 0. The highest BCUT2D eigenvalue weighted by molar-refractivity contribution is 5.87. The van der Waals surface area contributed by atoms with E-state index in [0.29, 0.717) is 12.3 Å². The molecule has 4 aliphatic heterocycles. The molecule has 4 unspecified atom stereocenters. The molecule has 0 spiro atoms. The van der Waals surface area contributed by atoms with Crippen molar-refractivity contribution < 1.29 is 33.7 Å². The third-order valence-electron chi connectivity index (χ3n) is 6.38. The molecule has 0 amide bonds. The molecule has 4 heterocycles. The van der Waals surface area contributed by atoms with E-state index in [2.05, 4.69) is 28.4 Å². The van der Waals surface area contributed by atoms with Gasteiger partial charge < -0.3 is 19.3 Å². The summed E-state index contributed by atoms with van der Waals surface area (Å²) in [6.07, 6.45) is 6.86. The van der Waals surface area contributed by atoms with Crippen molar-refractivity contribution in [1.82, 2.24) is 9.80 Å². The number of rotatable bonds is 6. The van der Waals surface area contributed by atoms with Crippen molar-refractivity contribution >= 4 is 17.9 Å². The maximum Gasteiger partial charge on any atom is 0.333 e. The van der Waals surface area contributed by atoms with Crippen LogP contribution in [0.1, 0.15) is 54.4 Å². The molecule has 4 aliphatic rings. The van der Waals surface area contributed by atoms with Gasteiger partial charge in [0.15, 0.2) is 12.5 Å². The lowest BCUT2D eigenvalue weighted by molar-refractivity contribution is -0.156. The van der Waals surface area contributed by atoms with Gasteiger partial charge in [-0.3, -0.25) is 14.6 Å². The van der Waals surface area contributed by atoms with Crippen molar-refractivity contribution in [3.8, 4) is 0 Å². The monoisotopic (exact) mass is 516 g/mol. The van der Waals surface area contributed by atoms with E-state index < -0.39 is 6.29 Å². The van der Waals surface area contributed by atoms with Crippen LogP contribution in [0.3, 0.4) is 0 Å². The SMILES string of the molecule is CC(C)=CC1=CC(=O)OC1N1CCN(C2OC(=O)C=C2C=C(C)C)CC1.CC(C)CC1CC(=O)OC1O. The lowest BCUT2D eigenvalue weighted by Gasteiger charge is -2.39. The highest BCUT2D eigenvalue weighted by Gasteiger charge is 2.37. The first kappa shape index (κ1) is 28.8. The molecular formula is C28H40N2O7. The summed E-state index contributed by atoms with van der Waals surface area (Å²) in [6.45, 7) is 15.1. The highest BCUT2D eigenvalue weighted by atomic mass is 16.6. The molecule has 0 bridgehead atoms. The summed E-state index contributed by atoms with van der Waals surface area (Å²) >= 11 is 0. The minimum atomic E-state index is -0.857. The van der Waals surface area contributed by atoms with E-state index >= 15 is 0 Å². The first-order valence-corrected chi connectivity index (χ1v) is 12.9. The van der Waals surface area contributed by atoms with Gasteiger partial charge in [-0.15, -0.1) is 0 Å². The third kappa shape index (κ3) is 8.12. The summed E-state index contributed by atoms with van der Waals surface area (Å²) in [6, 6.07) is 0. The van der Waals surface area contributed by atoms with Gasteiger partial charge in [0, 0.05) is 55.4 Å². The normalized spacial score (nSPS) is 28.1. The molecule has 0 aliphatic carbocycles. The van der Waals surface area contributed by atoms with Crippen molar-refractivity contribution in [3.05, 3.63) is 46.6 Å². The minimum Gasteiger partial charge on any atom is -0.439 e. The average molecular weight is 517 g/mol. The van der Waals surface area contributed by atoms with Crippen LogP contribution >= 0.6 is 0 Å². The van der Waals surface area contributed by atoms with Crippen molar-refractivity contribution in [2.45, 2.75) is 73.1 Å². The second-order valence-electron chi connectivity index (χ2n) is 10.9. The molecule has 4 rings (SSSR count). The molecule has 0 radical (unpaired) electrons. The van der Waals surface area contributed by atoms with Gasteiger partial charge in [-0.25, -0.2) is 9.59 Å². The van der Waals surface area contributed by atoms with Crippen molar-refractivity contribution in [2.75, 3.05) is 26.2 Å². The van der Waals surface area contributed by atoms with Gasteiger partial charge in [-0.05, 0) is 40.0 Å². The Morgan fingerprint density at radius 3 is 1.62 bits per heavy atom. The molecule has 4 atom stereocenters. The van der Waals surface area contributed by atoms with Crippen molar-refractivity contribution in [3.63, 3.8) is 0 Å². The van der Waals surface area contributed by atoms with Crippen LogP contribution in [0.4, 0.5) is 0 Å². The van der Waals surface area contributed by atoms with Crippen LogP contribution in [0.25, 0.3) is 0 Å². The van der Waals surface area contributed by atoms with Gasteiger partial charge in [0.05, 0.1) is 6.42 Å². The molecule has 37 heavy (non-hydrogen) atoms. The predicted molar refractivity (Wildman–Crippen MR) is 138 cm³/mol. The number of aliphatic hydroxyl groups excluding tert-OH is 1. The third-order valence-corrected chi connectivity index (χ3v) is 6.38. The van der Waals surface area contributed by atoms with Crippen LogP contribution in [-0.2, 0) is 28.6 Å². The first-order valence-electron chi connectivity index (χ1n) is 12.9. The number of aliphatic hydroxyl groups is 1. The topological polar surface area (TPSA) is 106 Å². The van der Waals surface area contributed by atoms with Crippen molar-refractivity contribution in [2.24, 2.45) is 11.8 Å². The van der Waals surface area contributed by atoms with Crippen LogP contribution in [0.2, 0.25) is 0 Å². The number of allylic oxidation sites excluding steroid dienone is 2. The van der Waals surface area contributed by atoms with Gasteiger partial charge in [-0.1, -0.05) is 37.1 Å². The number of ether oxygens (including phenoxy) is 3. The molecule has 0 aromatic carbocycles. The summed E-state index contributed by atoms with van der Waals surface area (Å²) in [5, 5.41) is 9.17. The van der Waals surface area contributed by atoms with E-state index in [4.69, 9.17) is 14.6 Å². The lowest BCUT2D eigenvalue weighted by Crippen LogP contribution is -2.54. The minimum absolute atomic E-state index is 0.0162. The Hall–Kier alpha value is -2.75. The molecule has 2 fully saturated rings. The predicted octanol–water partition coefficient (Wildman–Crippen LogP) is 3.07. The Kier molecular flexibility index (Phi) is 9.87. The van der Waals surface area contributed by atoms with Crippen molar-refractivity contribution in [1.29, 1.82) is 0 Å². The largest absolute Gasteiger partial charge is 0.439 e. The average Bonchev–Trinajstić information content (AvgIpc) is 3.43. The number of hydrogen-bond donors (Lipinski definition) is 1. The number of cyclic esters (lactones) is 3. The number of piperazine rings is 1. The molecule has 204 valence electrons. The van der Waals surface area contributed by atoms with Crippen LogP contribution in [0.15, 0.2) is 46.6 Å². The summed E-state index contributed by atoms with van der Waals surface area (Å²) in [5.41, 5.74) is 4.07. The van der Waals surface area contributed by atoms with Crippen LogP contribution in [0, 0.1) is 11.8 Å². The van der Waals surface area contributed by atoms with Gasteiger partial charge in [-0.2, -0.15) is 0 Å². The van der Waals surface area contributed by atoms with Crippen LogP contribution in [0.5, 0.6) is 0 Å². The van der Waals surface area contributed by atoms with E-state index in [1.807, 2.05) is 39.8 Å². The first-order chi connectivity index (χ1) is 17.4. The molecule has 9 heteroatoms. The summed E-state index contributed by atoms with van der Waals surface area (Å²) < 4.78 is 15.6. The van der Waals surface area contributed by atoms with Gasteiger partial charge in [0.2, 0.25) is 6.29 Å². The van der Waals surface area contributed by atoms with Gasteiger partial charge in [0.1, 0.15) is 0 Å². The van der Waals surface area contributed by atoms with Gasteiger partial charge >= 0.3 is 17.9 Å². The quantitative estimate of drug-likeness (QED) is 0.421. The Balaban J connectivity index is 0.000000289. The van der Waals surface area contributed by atoms with E-state index in [-0.39, 0.29) is 36.3 Å². The number of carbonyl (C=O) groups excluding carboxylic acids is 3. The fourth-order valence-electron chi connectivity index (χ4n) is 4.91. The second-order valence-corrected chi connectivity index (χ2v) is 10.9. The Morgan fingerprint density at radius 2 is 1.30 bits per heavy atom.